The van der Waals surface area contributed by atoms with E-state index >= 15 is 0 Å². The number of likely N-dealkylation sites (tertiary alicyclic amines) is 1. The van der Waals surface area contributed by atoms with Crippen LogP contribution in [0, 0.1) is 0 Å². The minimum Gasteiger partial charge on any atom is -0.376 e. The highest BCUT2D eigenvalue weighted by Gasteiger charge is 2.43. The van der Waals surface area contributed by atoms with Crippen LogP contribution in [0.5, 0.6) is 0 Å². The number of benzene rings is 2. The summed E-state index contributed by atoms with van der Waals surface area (Å²) >= 11 is 1.79. The van der Waals surface area contributed by atoms with Gasteiger partial charge in [0.05, 0.1) is 5.54 Å². The minimum atomic E-state index is -0.0931. The van der Waals surface area contributed by atoms with E-state index in [2.05, 4.69) is 88.4 Å². The average Bonchev–Trinajstić information content (AvgIpc) is 3.30. The van der Waals surface area contributed by atoms with Crippen LogP contribution in [0.15, 0.2) is 78.2 Å². The fraction of sp³-hybridized carbons (Fsp3) is 0.360. The van der Waals surface area contributed by atoms with Crippen molar-refractivity contribution in [3.8, 4) is 0 Å². The zero-order valence-corrected chi connectivity index (χ0v) is 17.9. The van der Waals surface area contributed by atoms with Crippen LogP contribution in [-0.4, -0.2) is 37.2 Å². The normalized spacial score (nSPS) is 17.7. The van der Waals surface area contributed by atoms with Crippen molar-refractivity contribution in [1.29, 1.82) is 0 Å². The van der Waals surface area contributed by atoms with E-state index in [4.69, 9.17) is 4.74 Å². The number of para-hydroxylation sites is 1. The Bertz CT molecular complexity index is 843. The Hall–Kier alpha value is -2.14. The van der Waals surface area contributed by atoms with E-state index in [0.717, 1.165) is 38.9 Å². The lowest BCUT2D eigenvalue weighted by atomic mass is 9.80. The molecule has 1 atom stereocenters. The van der Waals surface area contributed by atoms with E-state index in [1.165, 1.54) is 16.1 Å². The molecule has 2 heterocycles. The Morgan fingerprint density at radius 1 is 0.966 bits per heavy atom. The number of hydrogen-bond donors (Lipinski definition) is 1. The first-order valence-electron chi connectivity index (χ1n) is 10.4. The van der Waals surface area contributed by atoms with E-state index in [9.17, 15) is 0 Å². The van der Waals surface area contributed by atoms with Gasteiger partial charge in [0.25, 0.3) is 0 Å². The van der Waals surface area contributed by atoms with E-state index in [-0.39, 0.29) is 11.6 Å². The first kappa shape index (κ1) is 20.1. The SMILES string of the molecule is COC(c1cccs1)C1(Nc2ccccc2)CCN(CCc2ccccc2)CC1. The molecule has 1 N–H and O–H groups in total. The van der Waals surface area contributed by atoms with Crippen LogP contribution in [-0.2, 0) is 11.2 Å². The summed E-state index contributed by atoms with van der Waals surface area (Å²) in [5, 5.41) is 6.03. The van der Waals surface area contributed by atoms with Crippen molar-refractivity contribution in [2.75, 3.05) is 32.1 Å². The minimum absolute atomic E-state index is 0.0546. The molecule has 0 aliphatic carbocycles. The van der Waals surface area contributed by atoms with Crippen LogP contribution in [0.3, 0.4) is 0 Å². The van der Waals surface area contributed by atoms with Gasteiger partial charge in [0, 0.05) is 37.3 Å². The zero-order chi connectivity index (χ0) is 19.9. The first-order chi connectivity index (χ1) is 14.3. The molecule has 1 aromatic heterocycles. The topological polar surface area (TPSA) is 24.5 Å². The molecule has 0 saturated carbocycles. The number of methoxy groups -OCH3 is 1. The summed E-state index contributed by atoms with van der Waals surface area (Å²) in [7, 11) is 1.85. The van der Waals surface area contributed by atoms with Crippen molar-refractivity contribution >= 4 is 17.0 Å². The fourth-order valence-corrected chi connectivity index (χ4v) is 5.34. The van der Waals surface area contributed by atoms with Crippen LogP contribution in [0.2, 0.25) is 0 Å². The molecule has 29 heavy (non-hydrogen) atoms. The van der Waals surface area contributed by atoms with Gasteiger partial charge in [-0.3, -0.25) is 0 Å². The number of ether oxygens (including phenoxy) is 1. The molecule has 1 aliphatic heterocycles. The van der Waals surface area contributed by atoms with Gasteiger partial charge >= 0.3 is 0 Å². The number of thiophene rings is 1. The maximum Gasteiger partial charge on any atom is 0.114 e. The average molecular weight is 407 g/mol. The smallest absolute Gasteiger partial charge is 0.114 e. The summed E-state index contributed by atoms with van der Waals surface area (Å²) in [5.74, 6) is 0. The van der Waals surface area contributed by atoms with Gasteiger partial charge in [-0.05, 0) is 48.4 Å². The van der Waals surface area contributed by atoms with Crippen LogP contribution < -0.4 is 5.32 Å². The van der Waals surface area contributed by atoms with Crippen LogP contribution in [0.4, 0.5) is 5.69 Å². The molecule has 0 radical (unpaired) electrons. The number of nitrogens with one attached hydrogen (secondary N) is 1. The molecule has 1 fully saturated rings. The van der Waals surface area contributed by atoms with Gasteiger partial charge in [0.15, 0.2) is 0 Å². The lowest BCUT2D eigenvalue weighted by Gasteiger charge is -2.47. The van der Waals surface area contributed by atoms with Gasteiger partial charge in [-0.15, -0.1) is 11.3 Å². The maximum absolute atomic E-state index is 6.10. The third-order valence-corrected chi connectivity index (χ3v) is 6.93. The Morgan fingerprint density at radius 2 is 1.66 bits per heavy atom. The second kappa shape index (κ2) is 9.57. The number of piperidine rings is 1. The second-order valence-electron chi connectivity index (χ2n) is 7.86. The van der Waals surface area contributed by atoms with E-state index in [0.29, 0.717) is 0 Å². The summed E-state index contributed by atoms with van der Waals surface area (Å²) in [4.78, 5) is 3.90. The van der Waals surface area contributed by atoms with Gasteiger partial charge in [-0.2, -0.15) is 0 Å². The predicted octanol–water partition coefficient (Wildman–Crippen LogP) is 5.63. The molecule has 1 unspecified atom stereocenters. The van der Waals surface area contributed by atoms with Crippen molar-refractivity contribution in [2.45, 2.75) is 30.9 Å². The molecular weight excluding hydrogens is 376 g/mol. The lowest BCUT2D eigenvalue weighted by molar-refractivity contribution is 0.0135. The van der Waals surface area contributed by atoms with Crippen molar-refractivity contribution in [3.05, 3.63) is 88.6 Å². The van der Waals surface area contributed by atoms with Crippen LogP contribution in [0.1, 0.15) is 29.4 Å². The van der Waals surface area contributed by atoms with Crippen molar-refractivity contribution in [2.24, 2.45) is 0 Å². The number of anilines is 1. The highest BCUT2D eigenvalue weighted by Crippen LogP contribution is 2.41. The fourth-order valence-electron chi connectivity index (χ4n) is 4.42. The van der Waals surface area contributed by atoms with Gasteiger partial charge < -0.3 is 15.0 Å². The number of nitrogens with zero attached hydrogens (tertiary/aromatic N) is 1. The molecule has 1 aliphatic rings. The lowest BCUT2D eigenvalue weighted by Crippen LogP contribution is -2.53. The Kier molecular flexibility index (Phi) is 6.65. The number of rotatable bonds is 8. The Labute approximate surface area is 178 Å². The van der Waals surface area contributed by atoms with Gasteiger partial charge in [0.2, 0.25) is 0 Å². The quantitative estimate of drug-likeness (QED) is 0.525. The summed E-state index contributed by atoms with van der Waals surface area (Å²) in [6.07, 6.45) is 3.29. The molecule has 0 bridgehead atoms. The summed E-state index contributed by atoms with van der Waals surface area (Å²) in [5.41, 5.74) is 2.49. The van der Waals surface area contributed by atoms with Crippen LogP contribution in [0.25, 0.3) is 0 Å². The molecule has 0 amide bonds. The van der Waals surface area contributed by atoms with Crippen molar-refractivity contribution in [3.63, 3.8) is 0 Å². The summed E-state index contributed by atoms with van der Waals surface area (Å²) in [6.45, 7) is 3.28. The Balaban J connectivity index is 1.48. The molecule has 152 valence electrons. The van der Waals surface area contributed by atoms with E-state index in [1.807, 2.05) is 7.11 Å². The summed E-state index contributed by atoms with van der Waals surface area (Å²) in [6, 6.07) is 25.7. The largest absolute Gasteiger partial charge is 0.376 e. The van der Waals surface area contributed by atoms with E-state index < -0.39 is 0 Å². The zero-order valence-electron chi connectivity index (χ0n) is 17.1. The molecule has 3 aromatic rings. The molecule has 2 aromatic carbocycles. The van der Waals surface area contributed by atoms with Gasteiger partial charge in [0.1, 0.15) is 6.10 Å². The third-order valence-electron chi connectivity index (χ3n) is 6.01. The standard InChI is InChI=1S/C25H30N2OS/c1-28-24(23-13-8-20-29-23)25(26-22-11-6-3-7-12-22)15-18-27(19-16-25)17-14-21-9-4-2-5-10-21/h2-13,20,24,26H,14-19H2,1H3. The van der Waals surface area contributed by atoms with Crippen molar-refractivity contribution < 1.29 is 4.74 Å². The highest BCUT2D eigenvalue weighted by atomic mass is 32.1. The molecule has 0 spiro atoms. The molecular formula is C25H30N2OS. The number of hydrogen-bond acceptors (Lipinski definition) is 4. The van der Waals surface area contributed by atoms with Gasteiger partial charge in [-0.25, -0.2) is 0 Å². The second-order valence-corrected chi connectivity index (χ2v) is 8.83. The van der Waals surface area contributed by atoms with Crippen molar-refractivity contribution in [1.82, 2.24) is 4.90 Å². The molecule has 1 saturated heterocycles. The monoisotopic (exact) mass is 406 g/mol. The molecule has 3 nitrogen and oxygen atoms in total. The predicted molar refractivity (Wildman–Crippen MR) is 123 cm³/mol. The molecule has 4 heteroatoms. The first-order valence-corrected chi connectivity index (χ1v) is 11.3. The maximum atomic E-state index is 6.10. The highest BCUT2D eigenvalue weighted by molar-refractivity contribution is 7.10. The molecule has 4 rings (SSSR count). The Morgan fingerprint density at radius 3 is 2.28 bits per heavy atom. The van der Waals surface area contributed by atoms with E-state index in [1.54, 1.807) is 11.3 Å². The summed E-state index contributed by atoms with van der Waals surface area (Å²) < 4.78 is 6.10. The third kappa shape index (κ3) is 4.89. The van der Waals surface area contributed by atoms with Crippen LogP contribution >= 0.6 is 11.3 Å². The van der Waals surface area contributed by atoms with Gasteiger partial charge in [-0.1, -0.05) is 54.6 Å².